The molecule has 0 spiro atoms. The molecule has 140 valence electrons. The summed E-state index contributed by atoms with van der Waals surface area (Å²) in [6.07, 6.45) is 1.21. The van der Waals surface area contributed by atoms with Crippen LogP contribution in [-0.4, -0.2) is 24.3 Å². The summed E-state index contributed by atoms with van der Waals surface area (Å²) >= 11 is 0. The van der Waals surface area contributed by atoms with E-state index >= 15 is 0 Å². The number of benzene rings is 2. The third kappa shape index (κ3) is 4.00. The van der Waals surface area contributed by atoms with Crippen LogP contribution >= 0.6 is 0 Å². The average molecular weight is 365 g/mol. The van der Waals surface area contributed by atoms with Crippen molar-refractivity contribution in [2.45, 2.75) is 33.6 Å². The van der Waals surface area contributed by atoms with Gasteiger partial charge in [-0.05, 0) is 54.8 Å². The molecular weight excluding hydrogens is 342 g/mol. The van der Waals surface area contributed by atoms with Crippen LogP contribution in [0, 0.1) is 6.92 Å². The fourth-order valence-electron chi connectivity index (χ4n) is 3.22. The van der Waals surface area contributed by atoms with Crippen molar-refractivity contribution in [2.24, 2.45) is 0 Å². The topological polar surface area (TPSA) is 78.5 Å². The molecule has 1 aliphatic rings. The predicted octanol–water partition coefficient (Wildman–Crippen LogP) is 3.50. The molecular formula is C21H23N3O3. The highest BCUT2D eigenvalue weighted by Gasteiger charge is 2.24. The van der Waals surface area contributed by atoms with E-state index in [2.05, 4.69) is 10.6 Å². The van der Waals surface area contributed by atoms with Crippen LogP contribution in [0.4, 0.5) is 17.1 Å². The number of carbonyl (C=O) groups excluding carboxylic acids is 3. The van der Waals surface area contributed by atoms with E-state index in [0.29, 0.717) is 29.9 Å². The maximum atomic E-state index is 12.6. The summed E-state index contributed by atoms with van der Waals surface area (Å²) in [6, 6.07) is 10.8. The fraction of sp³-hybridized carbons (Fsp3) is 0.286. The Hall–Kier alpha value is -3.15. The Labute approximate surface area is 158 Å². The lowest BCUT2D eigenvalue weighted by Gasteiger charge is -2.16. The second kappa shape index (κ2) is 7.61. The van der Waals surface area contributed by atoms with Gasteiger partial charge in [-0.25, -0.2) is 0 Å². The molecule has 2 aromatic carbocycles. The number of anilines is 3. The summed E-state index contributed by atoms with van der Waals surface area (Å²) in [5, 5.41) is 5.62. The first-order valence-electron chi connectivity index (χ1n) is 9.02. The molecule has 0 saturated heterocycles. The highest BCUT2D eigenvalue weighted by atomic mass is 16.2. The minimum atomic E-state index is -0.226. The van der Waals surface area contributed by atoms with Crippen LogP contribution in [0.3, 0.4) is 0 Å². The van der Waals surface area contributed by atoms with Crippen molar-refractivity contribution < 1.29 is 14.4 Å². The van der Waals surface area contributed by atoms with Crippen molar-refractivity contribution in [1.82, 2.24) is 0 Å². The highest BCUT2D eigenvalue weighted by Crippen LogP contribution is 2.30. The molecule has 0 aromatic heterocycles. The number of carbonyl (C=O) groups is 3. The van der Waals surface area contributed by atoms with E-state index in [1.807, 2.05) is 32.0 Å². The fourth-order valence-corrected chi connectivity index (χ4v) is 3.22. The minimum Gasteiger partial charge on any atom is -0.326 e. The number of aryl methyl sites for hydroxylation is 1. The monoisotopic (exact) mass is 365 g/mol. The summed E-state index contributed by atoms with van der Waals surface area (Å²) in [6.45, 7) is 5.84. The van der Waals surface area contributed by atoms with Gasteiger partial charge in [-0.2, -0.15) is 0 Å². The van der Waals surface area contributed by atoms with Crippen LogP contribution in [0.1, 0.15) is 41.8 Å². The van der Waals surface area contributed by atoms with E-state index < -0.39 is 0 Å². The Morgan fingerprint density at radius 2 is 1.85 bits per heavy atom. The Bertz CT molecular complexity index is 921. The number of rotatable bonds is 4. The van der Waals surface area contributed by atoms with Crippen molar-refractivity contribution in [3.8, 4) is 0 Å². The predicted molar refractivity (Wildman–Crippen MR) is 106 cm³/mol. The number of hydrogen-bond donors (Lipinski definition) is 2. The van der Waals surface area contributed by atoms with E-state index in [4.69, 9.17) is 0 Å². The van der Waals surface area contributed by atoms with Gasteiger partial charge >= 0.3 is 0 Å². The number of nitrogens with zero attached hydrogens (tertiary/aromatic N) is 1. The summed E-state index contributed by atoms with van der Waals surface area (Å²) in [5.41, 5.74) is 4.64. The number of amides is 3. The Morgan fingerprint density at radius 3 is 2.56 bits per heavy atom. The lowest BCUT2D eigenvalue weighted by Crippen LogP contribution is -2.27. The Balaban J connectivity index is 1.78. The van der Waals surface area contributed by atoms with E-state index in [9.17, 15) is 14.4 Å². The third-order valence-corrected chi connectivity index (χ3v) is 4.65. The molecule has 1 heterocycles. The van der Waals surface area contributed by atoms with Crippen LogP contribution < -0.4 is 15.5 Å². The van der Waals surface area contributed by atoms with Crippen LogP contribution in [0.5, 0.6) is 0 Å². The Morgan fingerprint density at radius 1 is 1.07 bits per heavy atom. The zero-order valence-electron chi connectivity index (χ0n) is 15.8. The summed E-state index contributed by atoms with van der Waals surface area (Å²) < 4.78 is 0. The van der Waals surface area contributed by atoms with Gasteiger partial charge < -0.3 is 15.5 Å². The first kappa shape index (κ1) is 18.6. The van der Waals surface area contributed by atoms with Crippen molar-refractivity contribution in [1.29, 1.82) is 0 Å². The van der Waals surface area contributed by atoms with Gasteiger partial charge in [-0.3, -0.25) is 14.4 Å². The summed E-state index contributed by atoms with van der Waals surface area (Å²) in [7, 11) is 0. The van der Waals surface area contributed by atoms with Gasteiger partial charge in [0.15, 0.2) is 0 Å². The van der Waals surface area contributed by atoms with Gasteiger partial charge in [0.05, 0.1) is 0 Å². The van der Waals surface area contributed by atoms with Gasteiger partial charge in [0, 0.05) is 42.5 Å². The van der Waals surface area contributed by atoms with Gasteiger partial charge in [-0.15, -0.1) is 0 Å². The molecule has 2 aromatic rings. The van der Waals surface area contributed by atoms with Crippen LogP contribution in [0.25, 0.3) is 0 Å². The molecule has 2 N–H and O–H groups in total. The van der Waals surface area contributed by atoms with E-state index in [1.54, 1.807) is 23.1 Å². The largest absolute Gasteiger partial charge is 0.326 e. The second-order valence-electron chi connectivity index (χ2n) is 6.66. The Kier molecular flexibility index (Phi) is 5.26. The first-order valence-corrected chi connectivity index (χ1v) is 9.02. The summed E-state index contributed by atoms with van der Waals surface area (Å²) in [5.74, 6) is -0.293. The SMILES string of the molecule is CCC(=O)N1CCc2cc(C(=O)Nc3ccc(C)c(NC(C)=O)c3)ccc21. The van der Waals surface area contributed by atoms with Crippen molar-refractivity contribution >= 4 is 34.8 Å². The number of hydrogen-bond acceptors (Lipinski definition) is 3. The van der Waals surface area contributed by atoms with Gasteiger partial charge in [0.1, 0.15) is 0 Å². The normalized spacial score (nSPS) is 12.5. The number of fused-ring (bicyclic) bond motifs is 1. The molecule has 3 rings (SSSR count). The first-order chi connectivity index (χ1) is 12.9. The molecule has 3 amide bonds. The molecule has 1 aliphatic heterocycles. The van der Waals surface area contributed by atoms with E-state index in [0.717, 1.165) is 23.2 Å². The smallest absolute Gasteiger partial charge is 0.255 e. The minimum absolute atomic E-state index is 0.0936. The lowest BCUT2D eigenvalue weighted by atomic mass is 10.1. The van der Waals surface area contributed by atoms with Gasteiger partial charge in [0.25, 0.3) is 5.91 Å². The quantitative estimate of drug-likeness (QED) is 0.870. The standard InChI is InChI=1S/C21H23N3O3/c1-4-20(26)24-10-9-15-11-16(6-8-19(15)24)21(27)23-17-7-5-13(2)18(12-17)22-14(3)25/h5-8,11-12H,4,9-10H2,1-3H3,(H,22,25)(H,23,27). The number of nitrogens with one attached hydrogen (secondary N) is 2. The molecule has 0 fully saturated rings. The highest BCUT2D eigenvalue weighted by molar-refractivity contribution is 6.06. The molecule has 0 aliphatic carbocycles. The van der Waals surface area contributed by atoms with Crippen LogP contribution in [0.2, 0.25) is 0 Å². The third-order valence-electron chi connectivity index (χ3n) is 4.65. The summed E-state index contributed by atoms with van der Waals surface area (Å²) in [4.78, 5) is 37.7. The molecule has 6 heteroatoms. The lowest BCUT2D eigenvalue weighted by molar-refractivity contribution is -0.118. The zero-order valence-corrected chi connectivity index (χ0v) is 15.8. The van der Waals surface area contributed by atoms with Crippen molar-refractivity contribution in [2.75, 3.05) is 22.1 Å². The molecule has 0 atom stereocenters. The second-order valence-corrected chi connectivity index (χ2v) is 6.66. The van der Waals surface area contributed by atoms with Crippen molar-refractivity contribution in [3.05, 3.63) is 53.1 Å². The van der Waals surface area contributed by atoms with E-state index in [-0.39, 0.29) is 17.7 Å². The maximum Gasteiger partial charge on any atom is 0.255 e. The van der Waals surface area contributed by atoms with Crippen LogP contribution in [0.15, 0.2) is 36.4 Å². The molecule has 6 nitrogen and oxygen atoms in total. The average Bonchev–Trinajstić information content (AvgIpc) is 3.06. The molecule has 0 bridgehead atoms. The van der Waals surface area contributed by atoms with E-state index in [1.165, 1.54) is 6.92 Å². The van der Waals surface area contributed by atoms with Crippen LogP contribution in [-0.2, 0) is 16.0 Å². The maximum absolute atomic E-state index is 12.6. The van der Waals surface area contributed by atoms with Gasteiger partial charge in [0.2, 0.25) is 11.8 Å². The molecule has 0 radical (unpaired) electrons. The molecule has 0 saturated carbocycles. The molecule has 27 heavy (non-hydrogen) atoms. The van der Waals surface area contributed by atoms with Crippen molar-refractivity contribution in [3.63, 3.8) is 0 Å². The zero-order chi connectivity index (χ0) is 19.6. The van der Waals surface area contributed by atoms with Gasteiger partial charge in [-0.1, -0.05) is 13.0 Å². The molecule has 0 unspecified atom stereocenters.